The number of hydrogen-bond acceptors (Lipinski definition) is 5. The van der Waals surface area contributed by atoms with Crippen molar-refractivity contribution in [3.8, 4) is 11.5 Å². The summed E-state index contributed by atoms with van der Waals surface area (Å²) in [6.45, 7) is 3.08. The van der Waals surface area contributed by atoms with Crippen LogP contribution in [-0.4, -0.2) is 82.3 Å². The number of piperazine rings is 1. The highest BCUT2D eigenvalue weighted by Gasteiger charge is 2.31. The number of methoxy groups -OCH3 is 2. The van der Waals surface area contributed by atoms with Gasteiger partial charge in [0.05, 0.1) is 14.2 Å². The van der Waals surface area contributed by atoms with E-state index in [1.54, 1.807) is 24.1 Å². The van der Waals surface area contributed by atoms with Crippen LogP contribution in [-0.2, 0) is 10.2 Å². The molecule has 1 amide bonds. The molecule has 1 aromatic rings. The first-order valence-corrected chi connectivity index (χ1v) is 9.31. The fraction of sp³-hybridized carbons (Fsp3) is 0.562. The third-order valence-corrected chi connectivity index (χ3v) is 6.22. The first kappa shape index (κ1) is 19.5. The number of ether oxygens (including phenoxy) is 2. The summed E-state index contributed by atoms with van der Waals surface area (Å²) in [6, 6.07) is 3.43. The van der Waals surface area contributed by atoms with Crippen molar-refractivity contribution in [2.75, 3.05) is 54.5 Å². The Kier molecular flexibility index (Phi) is 5.91. The predicted molar refractivity (Wildman–Crippen MR) is 94.4 cm³/mol. The van der Waals surface area contributed by atoms with E-state index < -0.39 is 10.2 Å². The lowest BCUT2D eigenvalue weighted by atomic mass is 10.1. The smallest absolute Gasteiger partial charge is 0.281 e. The Morgan fingerprint density at radius 1 is 1.04 bits per heavy atom. The SMILES string of the molecule is COc1cc(C)c(C(=O)N2CCN(S(=O)(=O)N(C)C)CC2)cc1OC. The summed E-state index contributed by atoms with van der Waals surface area (Å²) >= 11 is 0. The molecule has 1 fully saturated rings. The Hall–Kier alpha value is -1.84. The minimum absolute atomic E-state index is 0.139. The lowest BCUT2D eigenvalue weighted by Crippen LogP contribution is -2.53. The normalized spacial score (nSPS) is 16.2. The summed E-state index contributed by atoms with van der Waals surface area (Å²) in [6.07, 6.45) is 0. The lowest BCUT2D eigenvalue weighted by Gasteiger charge is -2.35. The summed E-state index contributed by atoms with van der Waals surface area (Å²) < 4.78 is 37.4. The zero-order chi connectivity index (χ0) is 18.8. The zero-order valence-corrected chi connectivity index (χ0v) is 16.1. The molecule has 1 saturated heterocycles. The van der Waals surface area contributed by atoms with Crippen molar-refractivity contribution in [2.24, 2.45) is 0 Å². The first-order chi connectivity index (χ1) is 11.7. The fourth-order valence-corrected chi connectivity index (χ4v) is 3.82. The minimum Gasteiger partial charge on any atom is -0.493 e. The van der Waals surface area contributed by atoms with Crippen LogP contribution >= 0.6 is 0 Å². The van der Waals surface area contributed by atoms with Gasteiger partial charge >= 0.3 is 0 Å². The van der Waals surface area contributed by atoms with E-state index in [2.05, 4.69) is 0 Å². The molecule has 0 radical (unpaired) electrons. The molecule has 0 unspecified atom stereocenters. The molecule has 8 nitrogen and oxygen atoms in total. The Morgan fingerprint density at radius 2 is 1.56 bits per heavy atom. The summed E-state index contributed by atoms with van der Waals surface area (Å²) in [5.41, 5.74) is 1.31. The number of amides is 1. The van der Waals surface area contributed by atoms with Gasteiger partial charge in [-0.2, -0.15) is 17.0 Å². The second kappa shape index (κ2) is 7.59. The third-order valence-electron chi connectivity index (χ3n) is 4.27. The topological polar surface area (TPSA) is 79.4 Å². The fourth-order valence-electron chi connectivity index (χ4n) is 2.73. The monoisotopic (exact) mass is 371 g/mol. The van der Waals surface area contributed by atoms with Gasteiger partial charge in [0, 0.05) is 45.8 Å². The largest absolute Gasteiger partial charge is 0.493 e. The maximum atomic E-state index is 12.8. The average Bonchev–Trinajstić information content (AvgIpc) is 2.60. The number of hydrogen-bond donors (Lipinski definition) is 0. The molecule has 25 heavy (non-hydrogen) atoms. The van der Waals surface area contributed by atoms with E-state index in [0.717, 1.165) is 5.56 Å². The number of aryl methyl sites for hydroxylation is 1. The Morgan fingerprint density at radius 3 is 2.04 bits per heavy atom. The number of rotatable bonds is 5. The molecule has 0 atom stereocenters. The highest BCUT2D eigenvalue weighted by Crippen LogP contribution is 2.31. The average molecular weight is 371 g/mol. The van der Waals surface area contributed by atoms with Crippen molar-refractivity contribution in [1.29, 1.82) is 0 Å². The Balaban J connectivity index is 2.16. The van der Waals surface area contributed by atoms with Crippen LogP contribution in [0.25, 0.3) is 0 Å². The van der Waals surface area contributed by atoms with Gasteiger partial charge in [-0.05, 0) is 24.6 Å². The van der Waals surface area contributed by atoms with Crippen LogP contribution in [0.2, 0.25) is 0 Å². The van der Waals surface area contributed by atoms with Gasteiger partial charge in [0.1, 0.15) is 0 Å². The molecule has 0 aliphatic carbocycles. The summed E-state index contributed by atoms with van der Waals surface area (Å²) in [4.78, 5) is 14.5. The van der Waals surface area contributed by atoms with Gasteiger partial charge in [-0.1, -0.05) is 0 Å². The zero-order valence-electron chi connectivity index (χ0n) is 15.3. The minimum atomic E-state index is -3.45. The highest BCUT2D eigenvalue weighted by atomic mass is 32.2. The van der Waals surface area contributed by atoms with E-state index in [4.69, 9.17) is 9.47 Å². The van der Waals surface area contributed by atoms with Crippen LogP contribution in [0.5, 0.6) is 11.5 Å². The second-order valence-electron chi connectivity index (χ2n) is 6.00. The molecule has 1 aliphatic heterocycles. The molecule has 0 saturated carbocycles. The van der Waals surface area contributed by atoms with Gasteiger partial charge in [-0.25, -0.2) is 0 Å². The number of nitrogens with zero attached hydrogens (tertiary/aromatic N) is 3. The number of carbonyl (C=O) groups is 1. The summed E-state index contributed by atoms with van der Waals surface area (Å²) in [5, 5.41) is 0. The van der Waals surface area contributed by atoms with Crippen molar-refractivity contribution in [2.45, 2.75) is 6.92 Å². The van der Waals surface area contributed by atoms with Gasteiger partial charge in [-0.3, -0.25) is 4.79 Å². The van der Waals surface area contributed by atoms with E-state index in [0.29, 0.717) is 30.2 Å². The molecule has 1 aliphatic rings. The van der Waals surface area contributed by atoms with Crippen LogP contribution < -0.4 is 9.47 Å². The van der Waals surface area contributed by atoms with Crippen molar-refractivity contribution in [1.82, 2.24) is 13.5 Å². The molecule has 0 aromatic heterocycles. The quantitative estimate of drug-likeness (QED) is 0.756. The molecule has 1 heterocycles. The van der Waals surface area contributed by atoms with Gasteiger partial charge in [-0.15, -0.1) is 0 Å². The molecule has 0 bridgehead atoms. The molecular formula is C16H25N3O5S. The van der Waals surface area contributed by atoms with Crippen molar-refractivity contribution >= 4 is 16.1 Å². The Labute approximate surface area is 149 Å². The maximum absolute atomic E-state index is 12.8. The molecule has 0 N–H and O–H groups in total. The standard InChI is InChI=1S/C16H25N3O5S/c1-12-10-14(23-4)15(24-5)11-13(12)16(20)18-6-8-19(9-7-18)25(21,22)17(2)3/h10-11H,6-9H2,1-5H3. The van der Waals surface area contributed by atoms with Crippen LogP contribution in [0.3, 0.4) is 0 Å². The molecule has 2 rings (SSSR count). The van der Waals surface area contributed by atoms with Gasteiger partial charge in [0.15, 0.2) is 11.5 Å². The van der Waals surface area contributed by atoms with Crippen molar-refractivity contribution in [3.63, 3.8) is 0 Å². The molecular weight excluding hydrogens is 346 g/mol. The Bertz CT molecular complexity index is 740. The van der Waals surface area contributed by atoms with E-state index in [1.165, 1.54) is 29.8 Å². The van der Waals surface area contributed by atoms with Crippen LogP contribution in [0.4, 0.5) is 0 Å². The predicted octanol–water partition coefficient (Wildman–Crippen LogP) is 0.576. The van der Waals surface area contributed by atoms with Gasteiger partial charge in [0.2, 0.25) is 0 Å². The molecule has 9 heteroatoms. The summed E-state index contributed by atoms with van der Waals surface area (Å²) in [7, 11) is 2.62. The molecule has 0 spiro atoms. The molecule has 140 valence electrons. The van der Waals surface area contributed by atoms with Crippen LogP contribution in [0.15, 0.2) is 12.1 Å². The van der Waals surface area contributed by atoms with E-state index >= 15 is 0 Å². The lowest BCUT2D eigenvalue weighted by molar-refractivity contribution is 0.0694. The van der Waals surface area contributed by atoms with E-state index in [9.17, 15) is 13.2 Å². The van der Waals surface area contributed by atoms with Crippen LogP contribution in [0, 0.1) is 6.92 Å². The third kappa shape index (κ3) is 3.88. The van der Waals surface area contributed by atoms with E-state index in [-0.39, 0.29) is 19.0 Å². The van der Waals surface area contributed by atoms with E-state index in [1.807, 2.05) is 6.92 Å². The first-order valence-electron chi connectivity index (χ1n) is 7.91. The highest BCUT2D eigenvalue weighted by molar-refractivity contribution is 7.86. The van der Waals surface area contributed by atoms with Crippen molar-refractivity contribution < 1.29 is 22.7 Å². The summed E-state index contributed by atoms with van der Waals surface area (Å²) in [5.74, 6) is 0.920. The van der Waals surface area contributed by atoms with Gasteiger partial charge < -0.3 is 14.4 Å². The maximum Gasteiger partial charge on any atom is 0.281 e. The number of benzene rings is 1. The number of carbonyl (C=O) groups excluding carboxylic acids is 1. The van der Waals surface area contributed by atoms with Crippen LogP contribution in [0.1, 0.15) is 15.9 Å². The van der Waals surface area contributed by atoms with Crippen molar-refractivity contribution in [3.05, 3.63) is 23.3 Å². The second-order valence-corrected chi connectivity index (χ2v) is 8.15. The molecule has 1 aromatic carbocycles. The van der Waals surface area contributed by atoms with Gasteiger partial charge in [0.25, 0.3) is 16.1 Å².